The zero-order valence-corrected chi connectivity index (χ0v) is 15.1. The van der Waals surface area contributed by atoms with Crippen LogP contribution in [0.15, 0.2) is 16.9 Å². The van der Waals surface area contributed by atoms with E-state index in [4.69, 9.17) is 4.52 Å². The molecule has 2 aromatic rings. The molecule has 8 heteroatoms. The monoisotopic (exact) mass is 357 g/mol. The second-order valence-electron chi connectivity index (χ2n) is 7.09. The first-order valence-corrected chi connectivity index (χ1v) is 9.07. The van der Waals surface area contributed by atoms with E-state index in [1.165, 1.54) is 0 Å². The Labute approximate surface area is 151 Å². The molecular formula is C18H23N5O3. The Morgan fingerprint density at radius 1 is 1.35 bits per heavy atom. The molecule has 1 unspecified atom stereocenters. The number of carbonyl (C=O) groups excluding carboxylic acids is 2. The van der Waals surface area contributed by atoms with E-state index in [9.17, 15) is 9.59 Å². The maximum absolute atomic E-state index is 12.6. The smallest absolute Gasteiger partial charge is 0.227 e. The molecule has 4 heterocycles. The molecule has 2 aliphatic rings. The molecule has 26 heavy (non-hydrogen) atoms. The van der Waals surface area contributed by atoms with Gasteiger partial charge in [0.05, 0.1) is 30.0 Å². The highest BCUT2D eigenvalue weighted by molar-refractivity contribution is 5.95. The first kappa shape index (κ1) is 16.8. The number of anilines is 1. The van der Waals surface area contributed by atoms with Crippen molar-refractivity contribution in [1.82, 2.24) is 19.8 Å². The maximum atomic E-state index is 12.6. The third-order valence-corrected chi connectivity index (χ3v) is 5.37. The van der Waals surface area contributed by atoms with Crippen molar-refractivity contribution in [2.24, 2.45) is 0 Å². The normalized spacial score (nSPS) is 20.4. The lowest BCUT2D eigenvalue weighted by atomic mass is 10.1. The molecular weight excluding hydrogens is 334 g/mol. The van der Waals surface area contributed by atoms with E-state index < -0.39 is 0 Å². The molecule has 0 bridgehead atoms. The number of likely N-dealkylation sites (tertiary alicyclic amines) is 1. The largest absolute Gasteiger partial charge is 0.361 e. The number of nitrogens with zero attached hydrogens (tertiary/aromatic N) is 5. The Balaban J connectivity index is 1.40. The minimum absolute atomic E-state index is 0.0870. The van der Waals surface area contributed by atoms with Crippen LogP contribution < -0.4 is 4.90 Å². The molecule has 2 fully saturated rings. The van der Waals surface area contributed by atoms with Gasteiger partial charge in [-0.1, -0.05) is 5.16 Å². The van der Waals surface area contributed by atoms with Gasteiger partial charge < -0.3 is 14.3 Å². The SMILES string of the molecule is Cc1noc(C)c1CC(=O)N1CCC(n2cc(N3CCCC3=O)cn2)C1. The highest BCUT2D eigenvalue weighted by Gasteiger charge is 2.30. The molecule has 0 saturated carbocycles. The Morgan fingerprint density at radius 2 is 2.19 bits per heavy atom. The second-order valence-corrected chi connectivity index (χ2v) is 7.09. The lowest BCUT2D eigenvalue weighted by Gasteiger charge is -2.17. The number of carbonyl (C=O) groups is 2. The van der Waals surface area contributed by atoms with Crippen LogP contribution in [0.4, 0.5) is 5.69 Å². The number of amides is 2. The minimum Gasteiger partial charge on any atom is -0.361 e. The summed E-state index contributed by atoms with van der Waals surface area (Å²) in [5.74, 6) is 0.954. The lowest BCUT2D eigenvalue weighted by Crippen LogP contribution is -2.30. The topological polar surface area (TPSA) is 84.5 Å². The summed E-state index contributed by atoms with van der Waals surface area (Å²) in [6.45, 7) is 5.80. The van der Waals surface area contributed by atoms with Crippen molar-refractivity contribution in [1.29, 1.82) is 0 Å². The molecule has 8 nitrogen and oxygen atoms in total. The zero-order chi connectivity index (χ0) is 18.3. The molecule has 2 aromatic heterocycles. The Bertz CT molecular complexity index is 820. The highest BCUT2D eigenvalue weighted by Crippen LogP contribution is 2.26. The lowest BCUT2D eigenvalue weighted by molar-refractivity contribution is -0.129. The fourth-order valence-corrected chi connectivity index (χ4v) is 3.79. The summed E-state index contributed by atoms with van der Waals surface area (Å²) in [5, 5.41) is 8.35. The van der Waals surface area contributed by atoms with Gasteiger partial charge in [0.1, 0.15) is 5.76 Å². The number of hydrogen-bond donors (Lipinski definition) is 0. The predicted molar refractivity (Wildman–Crippen MR) is 93.7 cm³/mol. The van der Waals surface area contributed by atoms with Gasteiger partial charge in [0.25, 0.3) is 0 Å². The Hall–Kier alpha value is -2.64. The number of aromatic nitrogens is 3. The average Bonchev–Trinajstić information content (AvgIpc) is 3.38. The third kappa shape index (κ3) is 3.00. The molecule has 0 radical (unpaired) electrons. The van der Waals surface area contributed by atoms with Crippen molar-refractivity contribution >= 4 is 17.5 Å². The fourth-order valence-electron chi connectivity index (χ4n) is 3.79. The molecule has 138 valence electrons. The van der Waals surface area contributed by atoms with Gasteiger partial charge in [-0.05, 0) is 26.7 Å². The molecule has 0 spiro atoms. The van der Waals surface area contributed by atoms with Gasteiger partial charge in [0.2, 0.25) is 11.8 Å². The summed E-state index contributed by atoms with van der Waals surface area (Å²) in [4.78, 5) is 28.2. The van der Waals surface area contributed by atoms with E-state index in [-0.39, 0.29) is 17.9 Å². The number of rotatable bonds is 4. The zero-order valence-electron chi connectivity index (χ0n) is 15.1. The van der Waals surface area contributed by atoms with Crippen molar-refractivity contribution < 1.29 is 14.1 Å². The molecule has 1 atom stereocenters. The summed E-state index contributed by atoms with van der Waals surface area (Å²) in [5.41, 5.74) is 2.51. The summed E-state index contributed by atoms with van der Waals surface area (Å²) < 4.78 is 7.04. The average molecular weight is 357 g/mol. The van der Waals surface area contributed by atoms with Crippen LogP contribution in [0.1, 0.15) is 42.3 Å². The van der Waals surface area contributed by atoms with E-state index in [1.807, 2.05) is 29.6 Å². The summed E-state index contributed by atoms with van der Waals surface area (Å²) in [6, 6.07) is 0.148. The van der Waals surface area contributed by atoms with Gasteiger partial charge in [-0.25, -0.2) is 0 Å². The van der Waals surface area contributed by atoms with Gasteiger partial charge >= 0.3 is 0 Å². The molecule has 0 N–H and O–H groups in total. The summed E-state index contributed by atoms with van der Waals surface area (Å²) in [6.07, 6.45) is 6.37. The predicted octanol–water partition coefficient (Wildman–Crippen LogP) is 1.63. The van der Waals surface area contributed by atoms with Crippen LogP contribution >= 0.6 is 0 Å². The fraction of sp³-hybridized carbons (Fsp3) is 0.556. The van der Waals surface area contributed by atoms with Gasteiger partial charge in [0.15, 0.2) is 0 Å². The Morgan fingerprint density at radius 3 is 2.88 bits per heavy atom. The van der Waals surface area contributed by atoms with E-state index in [0.717, 1.165) is 36.3 Å². The summed E-state index contributed by atoms with van der Waals surface area (Å²) >= 11 is 0. The summed E-state index contributed by atoms with van der Waals surface area (Å²) in [7, 11) is 0. The van der Waals surface area contributed by atoms with Gasteiger partial charge in [-0.2, -0.15) is 5.10 Å². The van der Waals surface area contributed by atoms with Crippen molar-refractivity contribution in [2.75, 3.05) is 24.5 Å². The quantitative estimate of drug-likeness (QED) is 0.830. The molecule has 2 aliphatic heterocycles. The van der Waals surface area contributed by atoms with Crippen LogP contribution in [-0.4, -0.2) is 51.3 Å². The standard InChI is InChI=1S/C18H23N5O3/c1-12-16(13(2)26-20-12)8-18(25)21-7-5-14(10-21)23-11-15(9-19-23)22-6-3-4-17(22)24/h9,11,14H,3-8,10H2,1-2H3. The van der Waals surface area contributed by atoms with Crippen LogP contribution in [0, 0.1) is 13.8 Å². The van der Waals surface area contributed by atoms with Crippen LogP contribution in [0.2, 0.25) is 0 Å². The third-order valence-electron chi connectivity index (χ3n) is 5.37. The molecule has 0 aromatic carbocycles. The van der Waals surface area contributed by atoms with E-state index >= 15 is 0 Å². The second kappa shape index (κ2) is 6.59. The van der Waals surface area contributed by atoms with Crippen molar-refractivity contribution in [2.45, 2.75) is 45.6 Å². The first-order chi connectivity index (χ1) is 12.5. The number of hydrogen-bond acceptors (Lipinski definition) is 5. The van der Waals surface area contributed by atoms with Gasteiger partial charge in [-0.15, -0.1) is 0 Å². The van der Waals surface area contributed by atoms with Crippen LogP contribution in [0.3, 0.4) is 0 Å². The first-order valence-electron chi connectivity index (χ1n) is 9.07. The maximum Gasteiger partial charge on any atom is 0.227 e. The van der Waals surface area contributed by atoms with Crippen LogP contribution in [0.25, 0.3) is 0 Å². The highest BCUT2D eigenvalue weighted by atomic mass is 16.5. The number of aryl methyl sites for hydroxylation is 2. The van der Waals surface area contributed by atoms with Crippen molar-refractivity contribution in [3.05, 3.63) is 29.4 Å². The molecule has 4 rings (SSSR count). The molecule has 0 aliphatic carbocycles. The molecule has 2 saturated heterocycles. The van der Waals surface area contributed by atoms with Crippen LogP contribution in [0.5, 0.6) is 0 Å². The molecule has 2 amide bonds. The van der Waals surface area contributed by atoms with E-state index in [0.29, 0.717) is 31.7 Å². The van der Waals surface area contributed by atoms with Crippen molar-refractivity contribution in [3.8, 4) is 0 Å². The van der Waals surface area contributed by atoms with Crippen LogP contribution in [-0.2, 0) is 16.0 Å². The Kier molecular flexibility index (Phi) is 4.26. The van der Waals surface area contributed by atoms with E-state index in [2.05, 4.69) is 10.3 Å². The van der Waals surface area contributed by atoms with Crippen molar-refractivity contribution in [3.63, 3.8) is 0 Å². The van der Waals surface area contributed by atoms with Gasteiger partial charge in [0, 0.05) is 37.8 Å². The van der Waals surface area contributed by atoms with E-state index in [1.54, 1.807) is 11.1 Å². The van der Waals surface area contributed by atoms with Gasteiger partial charge in [-0.3, -0.25) is 14.3 Å². The minimum atomic E-state index is 0.0870.